The van der Waals surface area contributed by atoms with Crippen molar-refractivity contribution in [3.8, 4) is 5.75 Å². The van der Waals surface area contributed by atoms with Crippen LogP contribution in [0.2, 0.25) is 0 Å². The minimum absolute atomic E-state index is 0.494. The lowest BCUT2D eigenvalue weighted by atomic mass is 10.3. The first kappa shape index (κ1) is 17.0. The molecule has 0 atom stereocenters. The molecular formula is C17H26N2O2S. The first-order chi connectivity index (χ1) is 10.8. The third-order valence-electron chi connectivity index (χ3n) is 3.69. The van der Waals surface area contributed by atoms with Crippen LogP contribution in [0.15, 0.2) is 24.3 Å². The quantitative estimate of drug-likeness (QED) is 0.564. The van der Waals surface area contributed by atoms with Gasteiger partial charge in [0.15, 0.2) is 5.11 Å². The highest BCUT2D eigenvalue weighted by Crippen LogP contribution is 2.20. The molecule has 0 heterocycles. The molecule has 0 radical (unpaired) electrons. The molecule has 4 nitrogen and oxygen atoms in total. The lowest BCUT2D eigenvalue weighted by Gasteiger charge is -2.13. The van der Waals surface area contributed by atoms with E-state index in [4.69, 9.17) is 21.7 Å². The van der Waals surface area contributed by atoms with E-state index < -0.39 is 0 Å². The van der Waals surface area contributed by atoms with E-state index in [1.807, 2.05) is 31.2 Å². The lowest BCUT2D eigenvalue weighted by molar-refractivity contribution is 0.0574. The van der Waals surface area contributed by atoms with Crippen molar-refractivity contribution < 1.29 is 9.47 Å². The van der Waals surface area contributed by atoms with E-state index in [1.54, 1.807) is 0 Å². The Morgan fingerprint density at radius 1 is 1.23 bits per heavy atom. The van der Waals surface area contributed by atoms with Crippen molar-refractivity contribution in [1.29, 1.82) is 0 Å². The number of hydrogen-bond donors (Lipinski definition) is 2. The number of nitrogens with one attached hydrogen (secondary N) is 2. The second-order valence-electron chi connectivity index (χ2n) is 5.47. The van der Waals surface area contributed by atoms with E-state index in [9.17, 15) is 0 Å². The maximum absolute atomic E-state index is 5.82. The van der Waals surface area contributed by atoms with Crippen LogP contribution in [0.3, 0.4) is 0 Å². The van der Waals surface area contributed by atoms with Crippen molar-refractivity contribution >= 4 is 23.0 Å². The van der Waals surface area contributed by atoms with Crippen LogP contribution in [-0.2, 0) is 4.74 Å². The van der Waals surface area contributed by atoms with Gasteiger partial charge in [0, 0.05) is 18.8 Å². The van der Waals surface area contributed by atoms with Crippen molar-refractivity contribution in [2.24, 2.45) is 0 Å². The van der Waals surface area contributed by atoms with Crippen LogP contribution >= 0.6 is 12.2 Å². The van der Waals surface area contributed by atoms with Gasteiger partial charge in [0.2, 0.25) is 0 Å². The van der Waals surface area contributed by atoms with E-state index in [2.05, 4.69) is 10.6 Å². The second-order valence-corrected chi connectivity index (χ2v) is 5.88. The molecule has 1 saturated carbocycles. The van der Waals surface area contributed by atoms with Crippen LogP contribution in [0.4, 0.5) is 5.69 Å². The van der Waals surface area contributed by atoms with Gasteiger partial charge in [-0.1, -0.05) is 12.8 Å². The highest BCUT2D eigenvalue weighted by molar-refractivity contribution is 7.80. The summed E-state index contributed by atoms with van der Waals surface area (Å²) in [6, 6.07) is 7.79. The number of anilines is 1. The van der Waals surface area contributed by atoms with Crippen LogP contribution in [0, 0.1) is 0 Å². The summed E-state index contributed by atoms with van der Waals surface area (Å²) in [5.41, 5.74) is 0.961. The smallest absolute Gasteiger partial charge is 0.170 e. The first-order valence-corrected chi connectivity index (χ1v) is 8.58. The zero-order valence-corrected chi connectivity index (χ0v) is 14.1. The van der Waals surface area contributed by atoms with Crippen molar-refractivity contribution in [2.75, 3.05) is 25.1 Å². The Morgan fingerprint density at radius 3 is 2.64 bits per heavy atom. The van der Waals surface area contributed by atoms with Crippen LogP contribution in [0.1, 0.15) is 39.0 Å². The summed E-state index contributed by atoms with van der Waals surface area (Å²) in [6.07, 6.45) is 6.56. The van der Waals surface area contributed by atoms with Gasteiger partial charge in [-0.15, -0.1) is 0 Å². The molecule has 0 bridgehead atoms. The summed E-state index contributed by atoms with van der Waals surface area (Å²) < 4.78 is 11.2. The SMILES string of the molecule is CCOc1ccc(NC(=S)NCCCOC2CCCC2)cc1. The van der Waals surface area contributed by atoms with Gasteiger partial charge >= 0.3 is 0 Å². The van der Waals surface area contributed by atoms with Crippen LogP contribution in [-0.4, -0.2) is 31.0 Å². The number of rotatable bonds is 8. The Kier molecular flexibility index (Phi) is 7.46. The first-order valence-electron chi connectivity index (χ1n) is 8.17. The van der Waals surface area contributed by atoms with Gasteiger partial charge in [-0.3, -0.25) is 0 Å². The molecule has 1 aromatic carbocycles. The van der Waals surface area contributed by atoms with Gasteiger partial charge in [-0.2, -0.15) is 0 Å². The predicted molar refractivity (Wildman–Crippen MR) is 94.7 cm³/mol. The van der Waals surface area contributed by atoms with Gasteiger partial charge in [0.25, 0.3) is 0 Å². The van der Waals surface area contributed by atoms with Crippen molar-refractivity contribution in [2.45, 2.75) is 45.1 Å². The normalized spacial score (nSPS) is 14.8. The van der Waals surface area contributed by atoms with Gasteiger partial charge in [-0.05, 0) is 62.7 Å². The molecule has 0 saturated heterocycles. The maximum Gasteiger partial charge on any atom is 0.170 e. The van der Waals surface area contributed by atoms with E-state index in [0.717, 1.165) is 31.0 Å². The molecule has 22 heavy (non-hydrogen) atoms. The molecule has 0 aromatic heterocycles. The standard InChI is InChI=1S/C17H26N2O2S/c1-2-20-16-10-8-14(9-11-16)19-17(22)18-12-5-13-21-15-6-3-4-7-15/h8-11,15H,2-7,12-13H2,1H3,(H2,18,19,22). The monoisotopic (exact) mass is 322 g/mol. The third-order valence-corrected chi connectivity index (χ3v) is 3.93. The molecule has 1 fully saturated rings. The van der Waals surface area contributed by atoms with E-state index in [1.165, 1.54) is 25.7 Å². The van der Waals surface area contributed by atoms with Crippen LogP contribution in [0.5, 0.6) is 5.75 Å². The Bertz CT molecular complexity index is 444. The molecule has 2 rings (SSSR count). The minimum Gasteiger partial charge on any atom is -0.494 e. The zero-order chi connectivity index (χ0) is 15.6. The lowest BCUT2D eigenvalue weighted by Crippen LogP contribution is -2.30. The fourth-order valence-electron chi connectivity index (χ4n) is 2.56. The summed E-state index contributed by atoms with van der Waals surface area (Å²) in [5.74, 6) is 0.871. The topological polar surface area (TPSA) is 42.5 Å². The Hall–Kier alpha value is -1.33. The Labute approximate surface area is 138 Å². The molecule has 5 heteroatoms. The molecule has 122 valence electrons. The number of thiocarbonyl (C=S) groups is 1. The fraction of sp³-hybridized carbons (Fsp3) is 0.588. The second kappa shape index (κ2) is 9.64. The Balaban J connectivity index is 1.56. The van der Waals surface area contributed by atoms with Gasteiger partial charge in [0.1, 0.15) is 5.75 Å². The molecule has 0 amide bonds. The maximum atomic E-state index is 5.82. The molecule has 1 aliphatic rings. The zero-order valence-electron chi connectivity index (χ0n) is 13.3. The van der Waals surface area contributed by atoms with Gasteiger partial charge < -0.3 is 20.1 Å². The summed E-state index contributed by atoms with van der Waals surface area (Å²) in [7, 11) is 0. The van der Waals surface area contributed by atoms with Gasteiger partial charge in [-0.25, -0.2) is 0 Å². The fourth-order valence-corrected chi connectivity index (χ4v) is 2.78. The highest BCUT2D eigenvalue weighted by atomic mass is 32.1. The number of ether oxygens (including phenoxy) is 2. The molecule has 0 unspecified atom stereocenters. The van der Waals surface area contributed by atoms with E-state index in [-0.39, 0.29) is 0 Å². The van der Waals surface area contributed by atoms with Gasteiger partial charge in [0.05, 0.1) is 12.7 Å². The highest BCUT2D eigenvalue weighted by Gasteiger charge is 2.14. The minimum atomic E-state index is 0.494. The van der Waals surface area contributed by atoms with Crippen LogP contribution in [0.25, 0.3) is 0 Å². The summed E-state index contributed by atoms with van der Waals surface area (Å²) in [5, 5.41) is 7.02. The third kappa shape index (κ3) is 6.20. The number of benzene rings is 1. The van der Waals surface area contributed by atoms with Crippen molar-refractivity contribution in [3.63, 3.8) is 0 Å². The van der Waals surface area contributed by atoms with Crippen molar-refractivity contribution in [3.05, 3.63) is 24.3 Å². The number of hydrogen-bond acceptors (Lipinski definition) is 3. The van der Waals surface area contributed by atoms with Crippen LogP contribution < -0.4 is 15.4 Å². The average molecular weight is 322 g/mol. The summed E-state index contributed by atoms with van der Waals surface area (Å²) >= 11 is 5.28. The largest absolute Gasteiger partial charge is 0.494 e. The Morgan fingerprint density at radius 2 is 1.95 bits per heavy atom. The predicted octanol–water partition coefficient (Wildman–Crippen LogP) is 3.72. The molecule has 0 spiro atoms. The van der Waals surface area contributed by atoms with Crippen molar-refractivity contribution in [1.82, 2.24) is 5.32 Å². The average Bonchev–Trinajstić information content (AvgIpc) is 3.02. The van der Waals surface area contributed by atoms with E-state index >= 15 is 0 Å². The molecule has 1 aliphatic carbocycles. The molecule has 1 aromatic rings. The summed E-state index contributed by atoms with van der Waals surface area (Å²) in [6.45, 7) is 4.29. The molecule has 0 aliphatic heterocycles. The molecule has 2 N–H and O–H groups in total. The summed E-state index contributed by atoms with van der Waals surface area (Å²) in [4.78, 5) is 0. The molecular weight excluding hydrogens is 296 g/mol. The van der Waals surface area contributed by atoms with E-state index in [0.29, 0.717) is 17.8 Å².